The van der Waals surface area contributed by atoms with Gasteiger partial charge in [0.15, 0.2) is 0 Å². The molecule has 3 rings (SSSR count). The van der Waals surface area contributed by atoms with E-state index in [1.165, 1.54) is 24.3 Å². The highest BCUT2D eigenvalue weighted by molar-refractivity contribution is 5.85. The lowest BCUT2D eigenvalue weighted by Crippen LogP contribution is -2.45. The molecular formula is C18H20Cl2F3N3O3. The van der Waals surface area contributed by atoms with E-state index in [1.54, 1.807) is 24.3 Å². The Hall–Kier alpha value is -2.07. The Bertz CT molecular complexity index is 784. The first-order chi connectivity index (χ1) is 12.8. The van der Waals surface area contributed by atoms with Gasteiger partial charge in [0, 0.05) is 38.3 Å². The van der Waals surface area contributed by atoms with E-state index >= 15 is 0 Å². The second-order valence-electron chi connectivity index (χ2n) is 6.15. The van der Waals surface area contributed by atoms with Crippen LogP contribution in [-0.4, -0.2) is 42.4 Å². The number of nitro benzene ring substituents is 1. The van der Waals surface area contributed by atoms with Crippen LogP contribution in [0.3, 0.4) is 0 Å². The van der Waals surface area contributed by atoms with Crippen molar-refractivity contribution in [1.82, 2.24) is 10.2 Å². The van der Waals surface area contributed by atoms with Crippen molar-refractivity contribution in [2.45, 2.75) is 12.4 Å². The molecule has 11 heteroatoms. The van der Waals surface area contributed by atoms with Crippen LogP contribution in [0.25, 0.3) is 0 Å². The smallest absolute Gasteiger partial charge is 0.406 e. The highest BCUT2D eigenvalue weighted by Crippen LogP contribution is 2.32. The van der Waals surface area contributed by atoms with Gasteiger partial charge in [-0.25, -0.2) is 0 Å². The van der Waals surface area contributed by atoms with Gasteiger partial charge in [0.25, 0.3) is 5.69 Å². The number of non-ortho nitro benzene ring substituents is 1. The van der Waals surface area contributed by atoms with Crippen LogP contribution in [0.1, 0.15) is 17.2 Å². The summed E-state index contributed by atoms with van der Waals surface area (Å²) in [6.07, 6.45) is -4.74. The maximum atomic E-state index is 12.4. The first-order valence-corrected chi connectivity index (χ1v) is 8.38. The number of halogens is 5. The molecule has 29 heavy (non-hydrogen) atoms. The predicted octanol–water partition coefficient (Wildman–Crippen LogP) is 4.33. The van der Waals surface area contributed by atoms with Crippen LogP contribution in [0.4, 0.5) is 18.9 Å². The van der Waals surface area contributed by atoms with Crippen molar-refractivity contribution in [3.63, 3.8) is 0 Å². The molecule has 2 aromatic rings. The van der Waals surface area contributed by atoms with E-state index in [-0.39, 0.29) is 42.3 Å². The highest BCUT2D eigenvalue weighted by atomic mass is 35.5. The maximum Gasteiger partial charge on any atom is 0.573 e. The van der Waals surface area contributed by atoms with E-state index in [4.69, 9.17) is 0 Å². The number of nitrogens with one attached hydrogen (secondary N) is 1. The zero-order valence-electron chi connectivity index (χ0n) is 15.1. The number of alkyl halides is 3. The van der Waals surface area contributed by atoms with Crippen molar-refractivity contribution in [3.8, 4) is 5.75 Å². The minimum Gasteiger partial charge on any atom is -0.406 e. The van der Waals surface area contributed by atoms with E-state index in [0.717, 1.165) is 37.3 Å². The fourth-order valence-electron chi connectivity index (χ4n) is 3.18. The molecule has 0 saturated carbocycles. The molecule has 0 aromatic heterocycles. The third-order valence-electron chi connectivity index (χ3n) is 4.37. The summed E-state index contributed by atoms with van der Waals surface area (Å²) < 4.78 is 41.0. The summed E-state index contributed by atoms with van der Waals surface area (Å²) in [7, 11) is 0. The fourth-order valence-corrected chi connectivity index (χ4v) is 3.18. The number of rotatable bonds is 5. The minimum atomic E-state index is -4.74. The molecule has 1 aliphatic heterocycles. The number of nitrogens with zero attached hydrogens (tertiary/aromatic N) is 2. The molecule has 1 saturated heterocycles. The Balaban J connectivity index is 0.00000210. The number of hydrogen-bond acceptors (Lipinski definition) is 5. The Kier molecular flexibility index (Phi) is 9.15. The van der Waals surface area contributed by atoms with Gasteiger partial charge in [-0.1, -0.05) is 24.3 Å². The van der Waals surface area contributed by atoms with Crippen molar-refractivity contribution in [1.29, 1.82) is 0 Å². The average Bonchev–Trinajstić information content (AvgIpc) is 2.63. The number of piperazine rings is 1. The van der Waals surface area contributed by atoms with Gasteiger partial charge in [-0.3, -0.25) is 15.0 Å². The molecule has 0 aliphatic carbocycles. The second kappa shape index (κ2) is 10.6. The van der Waals surface area contributed by atoms with Gasteiger partial charge in [0.05, 0.1) is 11.0 Å². The molecule has 1 atom stereocenters. The van der Waals surface area contributed by atoms with E-state index < -0.39 is 11.3 Å². The quantitative estimate of drug-likeness (QED) is 0.538. The summed E-state index contributed by atoms with van der Waals surface area (Å²) in [5, 5.41) is 14.1. The van der Waals surface area contributed by atoms with Crippen LogP contribution in [0, 0.1) is 10.1 Å². The summed E-state index contributed by atoms with van der Waals surface area (Å²) >= 11 is 0. The molecule has 1 heterocycles. The van der Waals surface area contributed by atoms with Crippen LogP contribution >= 0.6 is 24.8 Å². The van der Waals surface area contributed by atoms with E-state index in [1.807, 2.05) is 0 Å². The van der Waals surface area contributed by atoms with Crippen molar-refractivity contribution in [3.05, 3.63) is 69.8 Å². The lowest BCUT2D eigenvalue weighted by Gasteiger charge is -2.35. The molecule has 2 aromatic carbocycles. The van der Waals surface area contributed by atoms with Crippen LogP contribution in [0.2, 0.25) is 0 Å². The average molecular weight is 454 g/mol. The fraction of sp³-hybridized carbons (Fsp3) is 0.333. The normalized spacial score (nSPS) is 15.6. The van der Waals surface area contributed by atoms with Gasteiger partial charge in [0.1, 0.15) is 5.75 Å². The van der Waals surface area contributed by atoms with E-state index in [2.05, 4.69) is 15.0 Å². The number of hydrogen-bond donors (Lipinski definition) is 1. The summed E-state index contributed by atoms with van der Waals surface area (Å²) in [6, 6.07) is 11.8. The lowest BCUT2D eigenvalue weighted by molar-refractivity contribution is -0.384. The van der Waals surface area contributed by atoms with Crippen LogP contribution in [0.15, 0.2) is 48.5 Å². The molecule has 1 aliphatic rings. The highest BCUT2D eigenvalue weighted by Gasteiger charge is 2.31. The summed E-state index contributed by atoms with van der Waals surface area (Å²) in [5.74, 6) is -0.283. The van der Waals surface area contributed by atoms with Crippen molar-refractivity contribution in [2.24, 2.45) is 0 Å². The van der Waals surface area contributed by atoms with Gasteiger partial charge in [-0.05, 0) is 23.3 Å². The maximum absolute atomic E-state index is 12.4. The Morgan fingerprint density at radius 3 is 1.90 bits per heavy atom. The number of nitro groups is 1. The third-order valence-corrected chi connectivity index (χ3v) is 4.37. The predicted molar refractivity (Wildman–Crippen MR) is 107 cm³/mol. The van der Waals surface area contributed by atoms with Crippen molar-refractivity contribution in [2.75, 3.05) is 26.2 Å². The molecule has 1 fully saturated rings. The van der Waals surface area contributed by atoms with Gasteiger partial charge in [0.2, 0.25) is 0 Å². The SMILES string of the molecule is Cl.Cl.O=[N+]([O-])c1ccc([C@H](c2ccc(OC(F)(F)F)cc2)N2CCNCC2)cc1. The van der Waals surface area contributed by atoms with Gasteiger partial charge in [-0.15, -0.1) is 38.0 Å². The minimum absolute atomic E-state index is 0. The first-order valence-electron chi connectivity index (χ1n) is 8.38. The first kappa shape index (κ1) is 25.0. The largest absolute Gasteiger partial charge is 0.573 e. The summed E-state index contributed by atoms with van der Waals surface area (Å²) in [4.78, 5) is 12.6. The number of benzene rings is 2. The van der Waals surface area contributed by atoms with Crippen molar-refractivity contribution < 1.29 is 22.8 Å². The van der Waals surface area contributed by atoms with Gasteiger partial charge >= 0.3 is 6.36 Å². The zero-order chi connectivity index (χ0) is 19.4. The molecule has 1 N–H and O–H groups in total. The molecule has 0 spiro atoms. The standard InChI is InChI=1S/C18H18F3N3O3.2ClH/c19-18(20,21)27-16-7-3-14(4-8-16)17(23-11-9-22-10-12-23)13-1-5-15(6-2-13)24(25)26;;/h1-8,17,22H,9-12H2;2*1H/t17-;;/m1../s1. The van der Waals surface area contributed by atoms with Crippen molar-refractivity contribution >= 4 is 30.5 Å². The van der Waals surface area contributed by atoms with Crippen LogP contribution in [0.5, 0.6) is 5.75 Å². The Morgan fingerprint density at radius 2 is 1.45 bits per heavy atom. The molecule has 0 unspecified atom stereocenters. The molecule has 6 nitrogen and oxygen atoms in total. The molecular weight excluding hydrogens is 434 g/mol. The lowest BCUT2D eigenvalue weighted by atomic mass is 9.96. The van der Waals surface area contributed by atoms with Crippen LogP contribution < -0.4 is 10.1 Å². The topological polar surface area (TPSA) is 67.6 Å². The molecule has 0 radical (unpaired) electrons. The van der Waals surface area contributed by atoms with Gasteiger partial charge in [-0.2, -0.15) is 0 Å². The van der Waals surface area contributed by atoms with Gasteiger partial charge < -0.3 is 10.1 Å². The molecule has 160 valence electrons. The molecule has 0 bridgehead atoms. The zero-order valence-corrected chi connectivity index (χ0v) is 16.7. The second-order valence-corrected chi connectivity index (χ2v) is 6.15. The number of ether oxygens (including phenoxy) is 1. The monoisotopic (exact) mass is 453 g/mol. The third kappa shape index (κ3) is 6.74. The summed E-state index contributed by atoms with van der Waals surface area (Å²) in [6.45, 7) is 3.09. The van der Waals surface area contributed by atoms with Crippen LogP contribution in [-0.2, 0) is 0 Å². The Morgan fingerprint density at radius 1 is 0.966 bits per heavy atom. The van der Waals surface area contributed by atoms with E-state index in [0.29, 0.717) is 0 Å². The van der Waals surface area contributed by atoms with E-state index in [9.17, 15) is 23.3 Å². The Labute approximate surface area is 178 Å². The summed E-state index contributed by atoms with van der Waals surface area (Å²) in [5.41, 5.74) is 1.62. The molecule has 0 amide bonds.